The first-order valence-electron chi connectivity index (χ1n) is 6.32. The lowest BCUT2D eigenvalue weighted by Crippen LogP contribution is -2.22. The van der Waals surface area contributed by atoms with E-state index in [0.717, 1.165) is 11.6 Å². The molecule has 20 heavy (non-hydrogen) atoms. The topological polar surface area (TPSA) is 29.9 Å². The fourth-order valence-electron chi connectivity index (χ4n) is 1.81. The summed E-state index contributed by atoms with van der Waals surface area (Å²) < 4.78 is 39.0. The molecule has 1 heterocycles. The molecule has 0 spiro atoms. The number of benzene rings is 1. The average molecular weight is 283 g/mol. The molecule has 2 aromatic rings. The van der Waals surface area contributed by atoms with Crippen molar-refractivity contribution in [2.45, 2.75) is 32.6 Å². The molecule has 0 aliphatic heterocycles. The van der Waals surface area contributed by atoms with Gasteiger partial charge in [-0.2, -0.15) is 18.3 Å². The molecule has 3 nitrogen and oxygen atoms in total. The van der Waals surface area contributed by atoms with Crippen LogP contribution in [-0.2, 0) is 12.7 Å². The molecule has 0 atom stereocenters. The number of para-hydroxylation sites is 1. The predicted molar refractivity (Wildman–Crippen MR) is 70.5 cm³/mol. The van der Waals surface area contributed by atoms with Crippen molar-refractivity contribution in [2.24, 2.45) is 0 Å². The van der Waals surface area contributed by atoms with E-state index in [1.165, 1.54) is 10.9 Å². The lowest BCUT2D eigenvalue weighted by atomic mass is 10.1. The van der Waals surface area contributed by atoms with Crippen molar-refractivity contribution in [2.75, 3.05) is 0 Å². The van der Waals surface area contributed by atoms with Gasteiger partial charge in [-0.25, -0.2) is 4.68 Å². The minimum atomic E-state index is -4.42. The summed E-state index contributed by atoms with van der Waals surface area (Å²) in [4.78, 5) is 0. The quantitative estimate of drug-likeness (QED) is 0.932. The third-order valence-electron chi connectivity index (χ3n) is 2.82. The normalized spacial score (nSPS) is 12.1. The van der Waals surface area contributed by atoms with Gasteiger partial charge in [0.15, 0.2) is 5.69 Å². The first kappa shape index (κ1) is 14.6. The van der Waals surface area contributed by atoms with Gasteiger partial charge < -0.3 is 5.32 Å². The number of hydrogen-bond acceptors (Lipinski definition) is 2. The fourth-order valence-corrected chi connectivity index (χ4v) is 1.81. The first-order valence-corrected chi connectivity index (χ1v) is 6.32. The fraction of sp³-hybridized carbons (Fsp3) is 0.357. The molecule has 0 aliphatic carbocycles. The SMILES string of the molecule is CC(C)NCc1ccccc1-n1ccc(C(F)(F)F)n1. The van der Waals surface area contributed by atoms with E-state index in [1.54, 1.807) is 12.1 Å². The van der Waals surface area contributed by atoms with Gasteiger partial charge in [-0.15, -0.1) is 0 Å². The highest BCUT2D eigenvalue weighted by atomic mass is 19.4. The average Bonchev–Trinajstić information content (AvgIpc) is 2.86. The highest BCUT2D eigenvalue weighted by Gasteiger charge is 2.33. The molecule has 0 unspecified atom stereocenters. The molecular formula is C14H16F3N3. The van der Waals surface area contributed by atoms with E-state index in [4.69, 9.17) is 0 Å². The van der Waals surface area contributed by atoms with Crippen LogP contribution in [0.1, 0.15) is 25.1 Å². The molecule has 0 saturated heterocycles. The molecule has 6 heteroatoms. The summed E-state index contributed by atoms with van der Waals surface area (Å²) in [5, 5.41) is 6.85. The van der Waals surface area contributed by atoms with Crippen LogP contribution < -0.4 is 5.32 Å². The molecule has 0 radical (unpaired) electrons. The second kappa shape index (κ2) is 5.66. The van der Waals surface area contributed by atoms with Gasteiger partial charge in [-0.1, -0.05) is 32.0 Å². The number of nitrogens with one attached hydrogen (secondary N) is 1. The zero-order valence-corrected chi connectivity index (χ0v) is 11.3. The zero-order chi connectivity index (χ0) is 14.8. The molecule has 0 amide bonds. The van der Waals surface area contributed by atoms with Gasteiger partial charge in [0, 0.05) is 18.8 Å². The number of alkyl halides is 3. The number of rotatable bonds is 4. The Morgan fingerprint density at radius 2 is 1.90 bits per heavy atom. The third-order valence-corrected chi connectivity index (χ3v) is 2.82. The maximum atomic E-state index is 12.6. The maximum absolute atomic E-state index is 12.6. The highest BCUT2D eigenvalue weighted by Crippen LogP contribution is 2.28. The Balaban J connectivity index is 2.30. The number of nitrogens with zero attached hydrogens (tertiary/aromatic N) is 2. The van der Waals surface area contributed by atoms with E-state index in [0.29, 0.717) is 18.3 Å². The molecule has 0 saturated carbocycles. The van der Waals surface area contributed by atoms with E-state index >= 15 is 0 Å². The van der Waals surface area contributed by atoms with Gasteiger partial charge in [0.25, 0.3) is 0 Å². The Bertz CT molecular complexity index is 573. The van der Waals surface area contributed by atoms with Crippen LogP contribution in [0.5, 0.6) is 0 Å². The maximum Gasteiger partial charge on any atom is 0.435 e. The van der Waals surface area contributed by atoms with Crippen molar-refractivity contribution in [3.63, 3.8) is 0 Å². The molecular weight excluding hydrogens is 267 g/mol. The van der Waals surface area contributed by atoms with Crippen molar-refractivity contribution < 1.29 is 13.2 Å². The van der Waals surface area contributed by atoms with Crippen LogP contribution in [0.25, 0.3) is 5.69 Å². The summed E-state index contributed by atoms with van der Waals surface area (Å²) in [6.45, 7) is 4.60. The van der Waals surface area contributed by atoms with E-state index in [2.05, 4.69) is 10.4 Å². The van der Waals surface area contributed by atoms with Crippen LogP contribution in [0.2, 0.25) is 0 Å². The summed E-state index contributed by atoms with van der Waals surface area (Å²) in [6.07, 6.45) is -3.09. The Kier molecular flexibility index (Phi) is 4.13. The molecule has 0 aliphatic rings. The molecule has 0 fully saturated rings. The lowest BCUT2D eigenvalue weighted by molar-refractivity contribution is -0.141. The number of hydrogen-bond donors (Lipinski definition) is 1. The van der Waals surface area contributed by atoms with Crippen LogP contribution in [0.15, 0.2) is 36.5 Å². The first-order chi connectivity index (χ1) is 9.38. The molecule has 2 rings (SSSR count). The van der Waals surface area contributed by atoms with Gasteiger partial charge >= 0.3 is 6.18 Å². The molecule has 1 aromatic heterocycles. The Hall–Kier alpha value is -1.82. The smallest absolute Gasteiger partial charge is 0.310 e. The van der Waals surface area contributed by atoms with Crippen LogP contribution in [0.4, 0.5) is 13.2 Å². The number of halogens is 3. The summed E-state index contributed by atoms with van der Waals surface area (Å²) in [5.41, 5.74) is 0.665. The van der Waals surface area contributed by atoms with Crippen LogP contribution >= 0.6 is 0 Å². The van der Waals surface area contributed by atoms with Crippen molar-refractivity contribution in [3.8, 4) is 5.69 Å². The van der Waals surface area contributed by atoms with E-state index in [9.17, 15) is 13.2 Å². The van der Waals surface area contributed by atoms with E-state index in [1.807, 2.05) is 26.0 Å². The van der Waals surface area contributed by atoms with E-state index < -0.39 is 11.9 Å². The van der Waals surface area contributed by atoms with Crippen molar-refractivity contribution in [3.05, 3.63) is 47.8 Å². The Morgan fingerprint density at radius 1 is 1.20 bits per heavy atom. The minimum absolute atomic E-state index is 0.298. The summed E-state index contributed by atoms with van der Waals surface area (Å²) in [7, 11) is 0. The van der Waals surface area contributed by atoms with Crippen molar-refractivity contribution >= 4 is 0 Å². The van der Waals surface area contributed by atoms with Crippen molar-refractivity contribution in [1.82, 2.24) is 15.1 Å². The minimum Gasteiger partial charge on any atom is -0.310 e. The third kappa shape index (κ3) is 3.39. The van der Waals surface area contributed by atoms with Gasteiger partial charge in [0.2, 0.25) is 0 Å². The standard InChI is InChI=1S/C14H16F3N3/c1-10(2)18-9-11-5-3-4-6-12(11)20-8-7-13(19-20)14(15,16)17/h3-8,10,18H,9H2,1-2H3. The Labute approximate surface area is 115 Å². The van der Waals surface area contributed by atoms with Crippen molar-refractivity contribution in [1.29, 1.82) is 0 Å². The second-order valence-corrected chi connectivity index (χ2v) is 4.81. The molecule has 108 valence electrons. The monoisotopic (exact) mass is 283 g/mol. The largest absolute Gasteiger partial charge is 0.435 e. The molecule has 0 bridgehead atoms. The van der Waals surface area contributed by atoms with Gasteiger partial charge in [-0.05, 0) is 17.7 Å². The summed E-state index contributed by atoms with van der Waals surface area (Å²) in [5.74, 6) is 0. The van der Waals surface area contributed by atoms with Gasteiger partial charge in [0.1, 0.15) is 0 Å². The summed E-state index contributed by atoms with van der Waals surface area (Å²) in [6, 6.07) is 8.54. The zero-order valence-electron chi connectivity index (χ0n) is 11.3. The highest BCUT2D eigenvalue weighted by molar-refractivity contribution is 5.40. The van der Waals surface area contributed by atoms with Crippen LogP contribution in [0.3, 0.4) is 0 Å². The predicted octanol–water partition coefficient (Wildman–Crippen LogP) is 3.39. The van der Waals surface area contributed by atoms with E-state index in [-0.39, 0.29) is 0 Å². The molecule has 1 aromatic carbocycles. The van der Waals surface area contributed by atoms with Crippen LogP contribution in [0, 0.1) is 0 Å². The number of aromatic nitrogens is 2. The second-order valence-electron chi connectivity index (χ2n) is 4.81. The summed E-state index contributed by atoms with van der Waals surface area (Å²) >= 11 is 0. The van der Waals surface area contributed by atoms with Gasteiger partial charge in [0.05, 0.1) is 5.69 Å². The van der Waals surface area contributed by atoms with Crippen LogP contribution in [-0.4, -0.2) is 15.8 Å². The lowest BCUT2D eigenvalue weighted by Gasteiger charge is -2.12. The van der Waals surface area contributed by atoms with Gasteiger partial charge in [-0.3, -0.25) is 0 Å². The Morgan fingerprint density at radius 3 is 2.50 bits per heavy atom. The molecule has 1 N–H and O–H groups in total.